The normalized spacial score (nSPS) is 36.7. The molecule has 16 atom stereocenters. The summed E-state index contributed by atoms with van der Waals surface area (Å²) in [5, 5.41) is 37.7. The highest BCUT2D eigenvalue weighted by molar-refractivity contribution is 7.98. The van der Waals surface area contributed by atoms with Crippen molar-refractivity contribution in [3.05, 3.63) is 35.4 Å². The Morgan fingerprint density at radius 2 is 1.21 bits per heavy atom. The van der Waals surface area contributed by atoms with Crippen LogP contribution in [-0.4, -0.2) is 197 Å². The summed E-state index contributed by atoms with van der Waals surface area (Å²) in [4.78, 5) is 133. The first-order valence-electron chi connectivity index (χ1n) is 34.3. The lowest BCUT2D eigenvalue weighted by atomic mass is 9.76. The summed E-state index contributed by atoms with van der Waals surface area (Å²) in [6.45, 7) is 6.80. The van der Waals surface area contributed by atoms with Crippen LogP contribution in [0.4, 0.5) is 8.78 Å². The molecule has 3 saturated carbocycles. The van der Waals surface area contributed by atoms with E-state index in [9.17, 15) is 38.7 Å². The van der Waals surface area contributed by atoms with E-state index >= 15 is 18.4 Å². The molecule has 512 valence electrons. The number of aliphatic hydroxyl groups is 1. The predicted octanol–water partition coefficient (Wildman–Crippen LogP) is 2.91. The average Bonchev–Trinajstić information content (AvgIpc) is 1.26. The molecule has 12 N–H and O–H groups in total. The van der Waals surface area contributed by atoms with Crippen molar-refractivity contribution >= 4 is 76.7 Å². The van der Waals surface area contributed by atoms with Crippen molar-refractivity contribution in [2.24, 2.45) is 35.3 Å². The number of unbranched alkanes of at least 4 members (excludes halogenated alkanes) is 1. The van der Waals surface area contributed by atoms with Crippen molar-refractivity contribution in [1.82, 2.24) is 57.7 Å². The van der Waals surface area contributed by atoms with Crippen molar-refractivity contribution in [2.75, 3.05) is 50.8 Å². The third kappa shape index (κ3) is 18.7. The lowest BCUT2D eigenvalue weighted by Crippen LogP contribution is -2.65. The molecule has 3 aliphatic carbocycles. The van der Waals surface area contributed by atoms with Gasteiger partial charge in [0.2, 0.25) is 53.2 Å². The smallest absolute Gasteiger partial charge is 0.246 e. The minimum Gasteiger partial charge on any atom is -0.393 e. The van der Waals surface area contributed by atoms with E-state index in [0.717, 1.165) is 11.1 Å². The molecule has 0 spiro atoms. The molecule has 8 aliphatic rings. The van der Waals surface area contributed by atoms with Crippen LogP contribution in [0.2, 0.25) is 0 Å². The number of carbonyl (C=O) groups is 9. The number of halogens is 2. The Kier molecular flexibility index (Phi) is 25.9. The van der Waals surface area contributed by atoms with Crippen LogP contribution >= 0.6 is 23.5 Å². The lowest BCUT2D eigenvalue weighted by Gasteiger charge is -2.43. The van der Waals surface area contributed by atoms with E-state index in [-0.39, 0.29) is 111 Å². The number of aliphatic hydroxyl groups excluding tert-OH is 1. The van der Waals surface area contributed by atoms with Gasteiger partial charge in [0, 0.05) is 61.2 Å². The van der Waals surface area contributed by atoms with Crippen LogP contribution in [0, 0.1) is 29.6 Å². The van der Waals surface area contributed by atoms with Crippen LogP contribution in [0.5, 0.6) is 0 Å². The zero-order valence-corrected chi connectivity index (χ0v) is 55.6. The third-order valence-electron chi connectivity index (χ3n) is 21.1. The molecule has 2 bridgehead atoms. The van der Waals surface area contributed by atoms with E-state index in [1.54, 1.807) is 35.3 Å². The number of rotatable bonds is 10. The summed E-state index contributed by atoms with van der Waals surface area (Å²) in [6, 6.07) is 0.141. The van der Waals surface area contributed by atoms with E-state index in [4.69, 9.17) is 5.73 Å². The Balaban J connectivity index is 0.969. The monoisotopic (exact) mass is 1320 g/mol. The Labute approximate surface area is 549 Å². The number of fused-ring (bicyclic) bond motifs is 6. The fourth-order valence-electron chi connectivity index (χ4n) is 15.6. The van der Waals surface area contributed by atoms with Gasteiger partial charge in [0.15, 0.2) is 0 Å². The second-order valence-electron chi connectivity index (χ2n) is 27.8. The zero-order chi connectivity index (χ0) is 65.6. The fourth-order valence-corrected chi connectivity index (χ4v) is 17.3. The first-order valence-corrected chi connectivity index (χ1v) is 36.6. The van der Waals surface area contributed by atoms with Crippen LogP contribution in [0.25, 0.3) is 0 Å². The molecule has 26 heteroatoms. The Bertz CT molecular complexity index is 2750. The first-order chi connectivity index (χ1) is 44.2. The summed E-state index contributed by atoms with van der Waals surface area (Å²) < 4.78 is 30.3. The molecule has 5 aliphatic heterocycles. The second-order valence-corrected chi connectivity index (χ2v) is 30.0. The predicted molar refractivity (Wildman–Crippen MR) is 349 cm³/mol. The summed E-state index contributed by atoms with van der Waals surface area (Å²) in [7, 11) is 0. The van der Waals surface area contributed by atoms with Crippen LogP contribution < -0.4 is 53.6 Å². The van der Waals surface area contributed by atoms with E-state index in [0.29, 0.717) is 133 Å². The molecule has 5 heterocycles. The highest BCUT2D eigenvalue weighted by atomic mass is 32.2. The number of hydrogen-bond acceptors (Lipinski definition) is 15. The molecule has 1 aromatic rings. The average molecular weight is 1330 g/mol. The maximum Gasteiger partial charge on any atom is 0.246 e. The number of nitrogens with two attached hydrogens (primary N) is 1. The van der Waals surface area contributed by atoms with Gasteiger partial charge in [-0.3, -0.25) is 43.2 Å². The Hall–Kier alpha value is -5.15. The van der Waals surface area contributed by atoms with Gasteiger partial charge in [-0.05, 0) is 203 Å². The molecule has 1 aromatic carbocycles. The summed E-state index contributed by atoms with van der Waals surface area (Å²) >= 11 is 3.23. The minimum atomic E-state index is -1.28. The van der Waals surface area contributed by atoms with E-state index < -0.39 is 108 Å². The molecule has 4 saturated heterocycles. The van der Waals surface area contributed by atoms with Crippen LogP contribution in [0.1, 0.15) is 160 Å². The van der Waals surface area contributed by atoms with Gasteiger partial charge in [0.1, 0.15) is 60.2 Å². The fraction of sp³-hybridized carbons (Fsp3) is 0.773. The molecular formula is C66H102F2N12O10S2. The van der Waals surface area contributed by atoms with Gasteiger partial charge in [-0.2, -0.15) is 23.5 Å². The highest BCUT2D eigenvalue weighted by Crippen LogP contribution is 2.41. The largest absolute Gasteiger partial charge is 0.393 e. The Morgan fingerprint density at radius 1 is 0.630 bits per heavy atom. The van der Waals surface area contributed by atoms with Gasteiger partial charge < -0.3 is 68.5 Å². The van der Waals surface area contributed by atoms with Crippen LogP contribution in [-0.2, 0) is 54.7 Å². The highest BCUT2D eigenvalue weighted by Gasteiger charge is 2.50. The number of hydrogen-bond donors (Lipinski definition) is 11. The standard InChI is InChI=1S/C66H102F2N12O10S2/c1-38-58(83)76-53(30-43-34-71-50-17-13-45(67)32-48(43)50)61(86)78-55(31-44-35-72-51-18-14-46(68)33-49(44)51)63(88)79-25-19-56(79)62(87)74-39(2)59(84)77-54(29-40-11-15-47(81)16-12-40)64(89)80-24-7-21-66(80,3)65(90)70-23-27-92-37-42-9-6-8-41(28-42)36-91-26-20-57(82)75-52(60(85)73-38)10-4-5-22-69/h6,8-9,28,38-40,43-56,71-72,81H,4-5,7,10-27,29-37,69H2,1-3H3,(H,70,90)(H,73,85)(H,74,87)(H,75,82)(H,76,83)(H,77,84)(H,78,86)/t38-,39+,40?,43?,44?,45?,46?,47?,48?,49?,50?,51?,52+,53+,54+,55+,56+,66+/m1/s1. The number of nitrogens with zero attached hydrogens (tertiary/aromatic N) is 2. The van der Waals surface area contributed by atoms with Crippen molar-refractivity contribution in [2.45, 2.75) is 239 Å². The van der Waals surface area contributed by atoms with Crippen LogP contribution in [0.3, 0.4) is 0 Å². The summed E-state index contributed by atoms with van der Waals surface area (Å²) in [5.41, 5.74) is 6.79. The maximum atomic E-state index is 15.2. The number of alkyl halides is 2. The first kappa shape index (κ1) is 71.2. The minimum absolute atomic E-state index is 0.00818. The lowest BCUT2D eigenvalue weighted by molar-refractivity contribution is -0.151. The van der Waals surface area contributed by atoms with E-state index in [1.165, 1.54) is 18.7 Å². The molecular weight excluding hydrogens is 1220 g/mol. The molecule has 0 radical (unpaired) electrons. The third-order valence-corrected chi connectivity index (χ3v) is 23.2. The van der Waals surface area contributed by atoms with Crippen LogP contribution in [0.15, 0.2) is 24.3 Å². The van der Waals surface area contributed by atoms with Gasteiger partial charge >= 0.3 is 0 Å². The molecule has 9 rings (SSSR count). The summed E-state index contributed by atoms with van der Waals surface area (Å²) in [5.74, 6) is -3.32. The number of amides is 9. The second kappa shape index (κ2) is 33.5. The molecule has 8 unspecified atom stereocenters. The number of benzene rings is 1. The molecule has 7 fully saturated rings. The van der Waals surface area contributed by atoms with Crippen molar-refractivity contribution in [3.8, 4) is 0 Å². The van der Waals surface area contributed by atoms with Gasteiger partial charge in [0.25, 0.3) is 0 Å². The molecule has 0 aromatic heterocycles. The number of nitrogens with one attached hydrogen (secondary N) is 9. The number of carbonyl (C=O) groups excluding carboxylic acids is 9. The number of thioether (sulfide) groups is 2. The Morgan fingerprint density at radius 3 is 1.83 bits per heavy atom. The van der Waals surface area contributed by atoms with E-state index in [2.05, 4.69) is 53.9 Å². The van der Waals surface area contributed by atoms with Crippen molar-refractivity contribution < 1.29 is 57.0 Å². The quantitative estimate of drug-likeness (QED) is 0.150. The molecule has 92 heavy (non-hydrogen) atoms. The zero-order valence-electron chi connectivity index (χ0n) is 54.0. The maximum absolute atomic E-state index is 15.2. The molecule has 22 nitrogen and oxygen atoms in total. The topological polar surface area (TPSA) is 315 Å². The summed E-state index contributed by atoms with van der Waals surface area (Å²) in [6.07, 6.45) is 5.53. The van der Waals surface area contributed by atoms with Gasteiger partial charge in [-0.25, -0.2) is 8.78 Å². The van der Waals surface area contributed by atoms with E-state index in [1.807, 2.05) is 18.2 Å². The van der Waals surface area contributed by atoms with Gasteiger partial charge in [0.05, 0.1) is 6.10 Å². The molecule has 9 amide bonds. The SMILES string of the molecule is C[C@@H]1NC(=O)[C@@H]2CCN2C(=O)[C@H](CC2CNC3CCC(F)CC23)NC(=O)[C@H](CC2CNC3CCC(F)CC23)NC(=O)[C@@H](C)NC(=O)[C@H](CCCCN)NC(=O)CCSCc2cccc(c2)CSCCNC(=O)[C@]2(C)CCCN2C(=O)[C@H](CC2CCC(O)CC2)NC1=O. The van der Waals surface area contributed by atoms with Gasteiger partial charge in [-0.15, -0.1) is 0 Å². The van der Waals surface area contributed by atoms with Crippen molar-refractivity contribution in [1.29, 1.82) is 0 Å². The van der Waals surface area contributed by atoms with Crippen molar-refractivity contribution in [3.63, 3.8) is 0 Å². The van der Waals surface area contributed by atoms with Gasteiger partial charge in [-0.1, -0.05) is 24.3 Å².